The molecule has 4 heteroatoms. The van der Waals surface area contributed by atoms with Gasteiger partial charge in [-0.05, 0) is 41.9 Å². The van der Waals surface area contributed by atoms with E-state index in [1.807, 2.05) is 18.2 Å². The van der Waals surface area contributed by atoms with Gasteiger partial charge in [0.15, 0.2) is 5.58 Å². The van der Waals surface area contributed by atoms with Crippen LogP contribution in [0.15, 0.2) is 27.2 Å². The highest BCUT2D eigenvalue weighted by atomic mass is 79.9. The number of aromatic nitrogens is 1. The zero-order chi connectivity index (χ0) is 10.3. The van der Waals surface area contributed by atoms with Crippen LogP contribution in [0.1, 0.15) is 19.5 Å². The summed E-state index contributed by atoms with van der Waals surface area (Å²) in [6, 6.07) is 5.59. The van der Waals surface area contributed by atoms with Gasteiger partial charge in [0.2, 0.25) is 0 Å². The number of hydrogen-bond donors (Lipinski definition) is 1. The number of benzene rings is 1. The van der Waals surface area contributed by atoms with Crippen molar-refractivity contribution in [3.05, 3.63) is 28.4 Å². The molecule has 0 radical (unpaired) electrons. The molecule has 3 nitrogen and oxygen atoms in total. The lowest BCUT2D eigenvalue weighted by atomic mass is 10.0. The molecule has 0 amide bonds. The fraction of sp³-hybridized carbons (Fsp3) is 0.300. The van der Waals surface area contributed by atoms with Crippen LogP contribution in [0, 0.1) is 0 Å². The van der Waals surface area contributed by atoms with Crippen molar-refractivity contribution in [2.24, 2.45) is 0 Å². The minimum Gasteiger partial charge on any atom is -0.384 e. The predicted octanol–water partition coefficient (Wildman–Crippen LogP) is 2.82. The maximum atomic E-state index is 9.86. The van der Waals surface area contributed by atoms with Crippen LogP contribution in [0.3, 0.4) is 0 Å². The van der Waals surface area contributed by atoms with Crippen LogP contribution in [-0.2, 0) is 5.60 Å². The molecule has 1 heterocycles. The predicted molar refractivity (Wildman–Crippen MR) is 57.0 cm³/mol. The van der Waals surface area contributed by atoms with Gasteiger partial charge in [-0.2, -0.15) is 0 Å². The Labute approximate surface area is 89.8 Å². The Bertz CT molecular complexity index is 470. The molecular formula is C10H10BrNO2. The zero-order valence-corrected chi connectivity index (χ0v) is 9.50. The summed E-state index contributed by atoms with van der Waals surface area (Å²) in [6.45, 7) is 3.37. The average molecular weight is 256 g/mol. The number of rotatable bonds is 1. The van der Waals surface area contributed by atoms with Gasteiger partial charge in [0.05, 0.1) is 5.39 Å². The third kappa shape index (κ3) is 1.44. The van der Waals surface area contributed by atoms with E-state index in [0.717, 1.165) is 9.86 Å². The normalized spacial score (nSPS) is 12.3. The van der Waals surface area contributed by atoms with Crippen molar-refractivity contribution in [2.45, 2.75) is 19.4 Å². The maximum Gasteiger partial charge on any atom is 0.168 e. The first kappa shape index (κ1) is 9.68. The second-order valence-corrected chi connectivity index (χ2v) is 4.56. The molecular weight excluding hydrogens is 246 g/mol. The van der Waals surface area contributed by atoms with E-state index in [-0.39, 0.29) is 0 Å². The Balaban J connectivity index is 2.80. The van der Waals surface area contributed by atoms with Crippen molar-refractivity contribution in [3.63, 3.8) is 0 Å². The number of hydrogen-bond acceptors (Lipinski definition) is 3. The van der Waals surface area contributed by atoms with Crippen molar-refractivity contribution in [1.82, 2.24) is 5.16 Å². The van der Waals surface area contributed by atoms with E-state index in [4.69, 9.17) is 4.52 Å². The van der Waals surface area contributed by atoms with E-state index in [0.29, 0.717) is 11.3 Å². The van der Waals surface area contributed by atoms with Gasteiger partial charge >= 0.3 is 0 Å². The first-order chi connectivity index (χ1) is 6.50. The Hall–Kier alpha value is -0.870. The largest absolute Gasteiger partial charge is 0.384 e. The fourth-order valence-electron chi connectivity index (χ4n) is 1.37. The van der Waals surface area contributed by atoms with E-state index >= 15 is 0 Å². The first-order valence-corrected chi connectivity index (χ1v) is 5.06. The smallest absolute Gasteiger partial charge is 0.168 e. The van der Waals surface area contributed by atoms with Gasteiger partial charge in [-0.25, -0.2) is 0 Å². The highest BCUT2D eigenvalue weighted by molar-refractivity contribution is 9.10. The summed E-state index contributed by atoms with van der Waals surface area (Å²) >= 11 is 3.41. The Morgan fingerprint density at radius 2 is 2.14 bits per heavy atom. The quantitative estimate of drug-likeness (QED) is 0.853. The lowest BCUT2D eigenvalue weighted by molar-refractivity contribution is 0.0715. The molecule has 0 atom stereocenters. The molecule has 0 aliphatic rings. The van der Waals surface area contributed by atoms with E-state index in [1.165, 1.54) is 0 Å². The van der Waals surface area contributed by atoms with Crippen LogP contribution >= 0.6 is 15.9 Å². The molecule has 0 bridgehead atoms. The summed E-state index contributed by atoms with van der Waals surface area (Å²) in [5, 5.41) is 14.6. The van der Waals surface area contributed by atoms with Crippen molar-refractivity contribution < 1.29 is 9.63 Å². The minimum atomic E-state index is -0.991. The molecule has 0 fully saturated rings. The monoisotopic (exact) mass is 255 g/mol. The summed E-state index contributed by atoms with van der Waals surface area (Å²) in [7, 11) is 0. The number of nitrogens with zero attached hydrogens (tertiary/aromatic N) is 1. The summed E-state index contributed by atoms with van der Waals surface area (Å²) in [5.74, 6) is 0. The molecule has 74 valence electrons. The highest BCUT2D eigenvalue weighted by Crippen LogP contribution is 2.32. The van der Waals surface area contributed by atoms with Crippen LogP contribution in [0.5, 0.6) is 0 Å². The SMILES string of the molecule is CC(C)(O)c1noc2cccc(Br)c12. The van der Waals surface area contributed by atoms with E-state index in [2.05, 4.69) is 21.1 Å². The molecule has 0 aliphatic carbocycles. The first-order valence-electron chi connectivity index (χ1n) is 4.27. The van der Waals surface area contributed by atoms with Gasteiger partial charge in [-0.3, -0.25) is 0 Å². The van der Waals surface area contributed by atoms with Crippen LogP contribution in [0.4, 0.5) is 0 Å². The molecule has 0 spiro atoms. The molecule has 2 rings (SSSR count). The van der Waals surface area contributed by atoms with E-state index < -0.39 is 5.60 Å². The van der Waals surface area contributed by atoms with E-state index in [9.17, 15) is 5.11 Å². The molecule has 1 aromatic carbocycles. The van der Waals surface area contributed by atoms with Crippen LogP contribution in [-0.4, -0.2) is 10.3 Å². The standard InChI is InChI=1S/C10H10BrNO2/c1-10(2,13)9-8-6(11)4-3-5-7(8)14-12-9/h3-5,13H,1-2H3. The van der Waals surface area contributed by atoms with Gasteiger partial charge < -0.3 is 9.63 Å². The van der Waals surface area contributed by atoms with E-state index in [1.54, 1.807) is 13.8 Å². The summed E-state index contributed by atoms with van der Waals surface area (Å²) in [6.07, 6.45) is 0. The maximum absolute atomic E-state index is 9.86. The molecule has 0 aliphatic heterocycles. The van der Waals surface area contributed by atoms with Crippen LogP contribution in [0.25, 0.3) is 11.0 Å². The third-order valence-electron chi connectivity index (χ3n) is 2.03. The number of aliphatic hydroxyl groups is 1. The molecule has 1 aromatic heterocycles. The summed E-state index contributed by atoms with van der Waals surface area (Å²) in [4.78, 5) is 0. The van der Waals surface area contributed by atoms with Gasteiger partial charge in [-0.15, -0.1) is 0 Å². The van der Waals surface area contributed by atoms with Gasteiger partial charge in [0, 0.05) is 4.47 Å². The second-order valence-electron chi connectivity index (χ2n) is 3.70. The molecule has 0 saturated carbocycles. The lowest BCUT2D eigenvalue weighted by Gasteiger charge is -2.13. The molecule has 1 N–H and O–H groups in total. The molecule has 14 heavy (non-hydrogen) atoms. The molecule has 0 unspecified atom stereocenters. The Morgan fingerprint density at radius 1 is 1.43 bits per heavy atom. The van der Waals surface area contributed by atoms with Crippen molar-refractivity contribution in [2.75, 3.05) is 0 Å². The van der Waals surface area contributed by atoms with Crippen molar-refractivity contribution in [1.29, 1.82) is 0 Å². The van der Waals surface area contributed by atoms with Crippen molar-refractivity contribution >= 4 is 26.9 Å². The topological polar surface area (TPSA) is 46.3 Å². The molecule has 0 saturated heterocycles. The van der Waals surface area contributed by atoms with Crippen molar-refractivity contribution in [3.8, 4) is 0 Å². The lowest BCUT2D eigenvalue weighted by Crippen LogP contribution is -2.16. The minimum absolute atomic E-state index is 0.556. The average Bonchev–Trinajstić information content (AvgIpc) is 2.47. The van der Waals surface area contributed by atoms with Gasteiger partial charge in [0.1, 0.15) is 11.3 Å². The number of fused-ring (bicyclic) bond motifs is 1. The third-order valence-corrected chi connectivity index (χ3v) is 2.69. The Morgan fingerprint density at radius 3 is 2.79 bits per heavy atom. The summed E-state index contributed by atoms with van der Waals surface area (Å²) < 4.78 is 6.00. The van der Waals surface area contributed by atoms with Gasteiger partial charge in [-0.1, -0.05) is 11.2 Å². The van der Waals surface area contributed by atoms with Crippen LogP contribution in [0.2, 0.25) is 0 Å². The second kappa shape index (κ2) is 3.07. The fourth-order valence-corrected chi connectivity index (χ4v) is 1.90. The zero-order valence-electron chi connectivity index (χ0n) is 7.91. The highest BCUT2D eigenvalue weighted by Gasteiger charge is 2.25. The van der Waals surface area contributed by atoms with Crippen LogP contribution < -0.4 is 0 Å². The summed E-state index contributed by atoms with van der Waals surface area (Å²) in [5.41, 5.74) is 0.242. The van der Waals surface area contributed by atoms with Gasteiger partial charge in [0.25, 0.3) is 0 Å². The Kier molecular flexibility index (Phi) is 2.12. The molecule has 2 aromatic rings. The number of halogens is 1.